The van der Waals surface area contributed by atoms with E-state index in [2.05, 4.69) is 4.90 Å². The van der Waals surface area contributed by atoms with E-state index in [4.69, 9.17) is 27.9 Å². The van der Waals surface area contributed by atoms with Gasteiger partial charge in [0.25, 0.3) is 0 Å². The molecule has 0 bridgehead atoms. The number of carbonyl (C=O) groups is 1. The van der Waals surface area contributed by atoms with Crippen LogP contribution in [0.25, 0.3) is 0 Å². The van der Waals surface area contributed by atoms with E-state index in [0.29, 0.717) is 21.2 Å². The Bertz CT molecular complexity index is 674. The first-order chi connectivity index (χ1) is 11.1. The zero-order chi connectivity index (χ0) is 16.2. The van der Waals surface area contributed by atoms with Gasteiger partial charge in [0.15, 0.2) is 5.78 Å². The average Bonchev–Trinajstić information content (AvgIpc) is 2.55. The Morgan fingerprint density at radius 3 is 2.17 bits per heavy atom. The summed E-state index contributed by atoms with van der Waals surface area (Å²) in [5, 5.41) is 0.926. The Kier molecular flexibility index (Phi) is 5.34. The minimum absolute atomic E-state index is 0.0766. The topological polar surface area (TPSA) is 29.5 Å². The van der Waals surface area contributed by atoms with Gasteiger partial charge in [-0.3, -0.25) is 9.69 Å². The summed E-state index contributed by atoms with van der Waals surface area (Å²) in [5.41, 5.74) is 2.32. The summed E-state index contributed by atoms with van der Waals surface area (Å²) >= 11 is 11.9. The van der Waals surface area contributed by atoms with E-state index in [1.807, 2.05) is 24.3 Å². The van der Waals surface area contributed by atoms with Crippen LogP contribution in [0.1, 0.15) is 21.5 Å². The van der Waals surface area contributed by atoms with E-state index >= 15 is 0 Å². The third-order valence-corrected chi connectivity index (χ3v) is 4.29. The predicted molar refractivity (Wildman–Crippen MR) is 92.4 cm³/mol. The van der Waals surface area contributed by atoms with Crippen molar-refractivity contribution in [3.05, 3.63) is 69.2 Å². The van der Waals surface area contributed by atoms with E-state index in [9.17, 15) is 4.79 Å². The van der Waals surface area contributed by atoms with Crippen LogP contribution in [-0.2, 0) is 11.3 Å². The molecular weight excluding hydrogens is 333 g/mol. The van der Waals surface area contributed by atoms with Gasteiger partial charge in [0.2, 0.25) is 0 Å². The van der Waals surface area contributed by atoms with Crippen LogP contribution >= 0.6 is 23.2 Å². The lowest BCUT2D eigenvalue weighted by Crippen LogP contribution is -2.35. The van der Waals surface area contributed by atoms with E-state index in [0.717, 1.165) is 32.8 Å². The molecule has 0 amide bonds. The Balaban J connectivity index is 1.72. The molecule has 0 radical (unpaired) electrons. The van der Waals surface area contributed by atoms with Gasteiger partial charge in [-0.25, -0.2) is 0 Å². The van der Waals surface area contributed by atoms with E-state index in [1.54, 1.807) is 18.2 Å². The summed E-state index contributed by atoms with van der Waals surface area (Å²) in [7, 11) is 0. The minimum Gasteiger partial charge on any atom is -0.379 e. The SMILES string of the molecule is O=C(c1ccc(CN2CCOCC2)cc1)c1cc(Cl)cc(Cl)c1. The number of benzene rings is 2. The van der Waals surface area contributed by atoms with Crippen LogP contribution in [0.15, 0.2) is 42.5 Å². The molecule has 0 N–H and O–H groups in total. The molecule has 3 rings (SSSR count). The van der Waals surface area contributed by atoms with Crippen LogP contribution in [0.3, 0.4) is 0 Å². The predicted octanol–water partition coefficient (Wildman–Crippen LogP) is 4.06. The zero-order valence-electron chi connectivity index (χ0n) is 12.6. The molecule has 1 aliphatic rings. The first-order valence-electron chi connectivity index (χ1n) is 7.52. The highest BCUT2D eigenvalue weighted by Gasteiger charge is 2.13. The summed E-state index contributed by atoms with van der Waals surface area (Å²) in [6.45, 7) is 4.34. The van der Waals surface area contributed by atoms with Crippen molar-refractivity contribution in [2.45, 2.75) is 6.54 Å². The Hall–Kier alpha value is -1.39. The van der Waals surface area contributed by atoms with Gasteiger partial charge < -0.3 is 4.74 Å². The highest BCUT2D eigenvalue weighted by molar-refractivity contribution is 6.35. The van der Waals surface area contributed by atoms with Crippen molar-refractivity contribution >= 4 is 29.0 Å². The van der Waals surface area contributed by atoms with Crippen molar-refractivity contribution in [2.75, 3.05) is 26.3 Å². The summed E-state index contributed by atoms with van der Waals surface area (Å²) in [6.07, 6.45) is 0. The van der Waals surface area contributed by atoms with E-state index in [1.165, 1.54) is 5.56 Å². The number of hydrogen-bond donors (Lipinski definition) is 0. The van der Waals surface area contributed by atoms with Gasteiger partial charge in [0, 0.05) is 40.8 Å². The molecule has 3 nitrogen and oxygen atoms in total. The van der Waals surface area contributed by atoms with Crippen molar-refractivity contribution in [1.29, 1.82) is 0 Å². The van der Waals surface area contributed by atoms with Crippen molar-refractivity contribution < 1.29 is 9.53 Å². The molecule has 0 aliphatic carbocycles. The third kappa shape index (κ3) is 4.33. The lowest BCUT2D eigenvalue weighted by atomic mass is 10.0. The molecule has 120 valence electrons. The lowest BCUT2D eigenvalue weighted by Gasteiger charge is -2.26. The van der Waals surface area contributed by atoms with E-state index < -0.39 is 0 Å². The molecule has 2 aromatic carbocycles. The van der Waals surface area contributed by atoms with Gasteiger partial charge in [0.05, 0.1) is 13.2 Å². The molecule has 0 unspecified atom stereocenters. The van der Waals surface area contributed by atoms with Crippen molar-refractivity contribution in [2.24, 2.45) is 0 Å². The molecule has 1 aliphatic heterocycles. The molecule has 23 heavy (non-hydrogen) atoms. The number of nitrogens with zero attached hydrogens (tertiary/aromatic N) is 1. The van der Waals surface area contributed by atoms with Gasteiger partial charge in [-0.1, -0.05) is 47.5 Å². The van der Waals surface area contributed by atoms with Crippen molar-refractivity contribution in [1.82, 2.24) is 4.90 Å². The second kappa shape index (κ2) is 7.45. The van der Waals surface area contributed by atoms with Crippen molar-refractivity contribution in [3.8, 4) is 0 Å². The van der Waals surface area contributed by atoms with E-state index in [-0.39, 0.29) is 5.78 Å². The summed E-state index contributed by atoms with van der Waals surface area (Å²) in [6, 6.07) is 12.6. The van der Waals surface area contributed by atoms with Crippen LogP contribution in [-0.4, -0.2) is 37.0 Å². The number of hydrogen-bond acceptors (Lipinski definition) is 3. The monoisotopic (exact) mass is 349 g/mol. The third-order valence-electron chi connectivity index (χ3n) is 3.85. The molecule has 0 saturated carbocycles. The Morgan fingerprint density at radius 2 is 1.57 bits per heavy atom. The maximum absolute atomic E-state index is 12.5. The Labute approximate surface area is 145 Å². The largest absolute Gasteiger partial charge is 0.379 e. The van der Waals surface area contributed by atoms with Crippen molar-refractivity contribution in [3.63, 3.8) is 0 Å². The van der Waals surface area contributed by atoms with Gasteiger partial charge in [-0.15, -0.1) is 0 Å². The summed E-state index contributed by atoms with van der Waals surface area (Å²) in [4.78, 5) is 14.9. The molecule has 0 aromatic heterocycles. The average molecular weight is 350 g/mol. The second-order valence-corrected chi connectivity index (χ2v) is 6.45. The highest BCUT2D eigenvalue weighted by Crippen LogP contribution is 2.21. The van der Waals surface area contributed by atoms with Crippen LogP contribution in [0.2, 0.25) is 10.0 Å². The number of carbonyl (C=O) groups excluding carboxylic acids is 1. The smallest absolute Gasteiger partial charge is 0.193 e. The zero-order valence-corrected chi connectivity index (χ0v) is 14.1. The fourth-order valence-electron chi connectivity index (χ4n) is 2.63. The quantitative estimate of drug-likeness (QED) is 0.779. The fraction of sp³-hybridized carbons (Fsp3) is 0.278. The molecule has 0 spiro atoms. The molecule has 1 fully saturated rings. The number of ketones is 1. The van der Waals surface area contributed by atoms with Crippen LogP contribution in [0, 0.1) is 0 Å². The van der Waals surface area contributed by atoms with Crippen LogP contribution in [0.5, 0.6) is 0 Å². The molecule has 1 heterocycles. The molecule has 5 heteroatoms. The molecule has 2 aromatic rings. The van der Waals surface area contributed by atoms with Gasteiger partial charge in [0.1, 0.15) is 0 Å². The number of morpholine rings is 1. The second-order valence-electron chi connectivity index (χ2n) is 5.57. The number of ether oxygens (including phenoxy) is 1. The number of rotatable bonds is 4. The fourth-order valence-corrected chi connectivity index (χ4v) is 3.16. The number of halogens is 2. The maximum atomic E-state index is 12.5. The Morgan fingerprint density at radius 1 is 0.957 bits per heavy atom. The normalized spacial score (nSPS) is 15.6. The van der Waals surface area contributed by atoms with Gasteiger partial charge in [-0.05, 0) is 23.8 Å². The van der Waals surface area contributed by atoms with Crippen LogP contribution < -0.4 is 0 Å². The first-order valence-corrected chi connectivity index (χ1v) is 8.27. The summed E-state index contributed by atoms with van der Waals surface area (Å²) in [5.74, 6) is -0.0766. The van der Waals surface area contributed by atoms with Gasteiger partial charge >= 0.3 is 0 Å². The highest BCUT2D eigenvalue weighted by atomic mass is 35.5. The molecule has 1 saturated heterocycles. The lowest BCUT2D eigenvalue weighted by molar-refractivity contribution is 0.0342. The van der Waals surface area contributed by atoms with Gasteiger partial charge in [-0.2, -0.15) is 0 Å². The molecule has 0 atom stereocenters. The molecular formula is C18H17Cl2NO2. The standard InChI is InChI=1S/C18H17Cl2NO2/c19-16-9-15(10-17(20)11-16)18(22)14-3-1-13(2-4-14)12-21-5-7-23-8-6-21/h1-4,9-11H,5-8,12H2. The minimum atomic E-state index is -0.0766. The van der Waals surface area contributed by atoms with Crippen LogP contribution in [0.4, 0.5) is 0 Å². The maximum Gasteiger partial charge on any atom is 0.193 e. The first kappa shape index (κ1) is 16.5. The summed E-state index contributed by atoms with van der Waals surface area (Å²) < 4.78 is 5.35.